The van der Waals surface area contributed by atoms with E-state index in [1.807, 2.05) is 0 Å². The molecule has 0 aromatic heterocycles. The average Bonchev–Trinajstić information content (AvgIpc) is 2.03. The molecule has 1 fully saturated rings. The molecule has 1 aliphatic rings. The monoisotopic (exact) mass is 268 g/mol. The molecule has 0 aliphatic carbocycles. The number of nitrogens with two attached hydrogens (primary N) is 1. The molecule has 0 aromatic rings. The molecule has 1 rings (SSSR count). The van der Waals surface area contributed by atoms with E-state index in [0.717, 1.165) is 12.3 Å². The molecule has 0 aromatic carbocycles. The second-order valence-electron chi connectivity index (χ2n) is 3.37. The lowest BCUT2D eigenvalue weighted by atomic mass is 9.89. The lowest BCUT2D eigenvalue weighted by Gasteiger charge is -2.33. The fourth-order valence-electron chi connectivity index (χ4n) is 1.74. The summed E-state index contributed by atoms with van der Waals surface area (Å²) in [6.45, 7) is 2.26. The molecule has 0 amide bonds. The smallest absolute Gasteiger partial charge is 0.0551 e. The highest BCUT2D eigenvalue weighted by atomic mass is 127. The first-order chi connectivity index (χ1) is 5.26. The van der Waals surface area contributed by atoms with Gasteiger partial charge in [-0.1, -0.05) is 35.9 Å². The number of hydrogen-bond acceptors (Lipinski definition) is 2. The van der Waals surface area contributed by atoms with Crippen molar-refractivity contribution in [3.05, 3.63) is 0 Å². The molecule has 2 nitrogen and oxygen atoms in total. The summed E-state index contributed by atoms with van der Waals surface area (Å²) in [5, 5.41) is 3.40. The normalized spacial score (nSPS) is 39.0. The molecule has 11 heavy (non-hydrogen) atoms. The van der Waals surface area contributed by atoms with Gasteiger partial charge in [-0.2, -0.15) is 0 Å². The topological polar surface area (TPSA) is 38.0 Å². The molecule has 1 aliphatic heterocycles. The average molecular weight is 268 g/mol. The van der Waals surface area contributed by atoms with Crippen molar-refractivity contribution in [1.29, 1.82) is 0 Å². The molecule has 0 radical (unpaired) electrons. The summed E-state index contributed by atoms with van der Waals surface area (Å²) in [6.07, 6.45) is 3.99. The van der Waals surface area contributed by atoms with E-state index in [1.165, 1.54) is 17.3 Å². The molecular weight excluding hydrogens is 251 g/mol. The Bertz CT molecular complexity index is 107. The van der Waals surface area contributed by atoms with Crippen molar-refractivity contribution in [3.8, 4) is 0 Å². The van der Waals surface area contributed by atoms with Crippen LogP contribution in [0.15, 0.2) is 0 Å². The SMILES string of the molecule is CCC1CC(N)NC(CI)C1. The first-order valence-corrected chi connectivity index (χ1v) is 5.86. The zero-order valence-corrected chi connectivity index (χ0v) is 9.17. The highest BCUT2D eigenvalue weighted by molar-refractivity contribution is 14.1. The van der Waals surface area contributed by atoms with Gasteiger partial charge in [0.05, 0.1) is 6.17 Å². The Labute approximate surface area is 82.4 Å². The number of nitrogens with one attached hydrogen (secondary N) is 1. The van der Waals surface area contributed by atoms with Crippen LogP contribution in [0.4, 0.5) is 0 Å². The van der Waals surface area contributed by atoms with Gasteiger partial charge >= 0.3 is 0 Å². The minimum Gasteiger partial charge on any atom is -0.316 e. The standard InChI is InChI=1S/C8H17IN2/c1-2-6-3-7(5-9)11-8(10)4-6/h6-8,11H,2-5,10H2,1H3. The molecule has 0 spiro atoms. The number of hydrogen-bond donors (Lipinski definition) is 2. The van der Waals surface area contributed by atoms with E-state index in [4.69, 9.17) is 5.73 Å². The minimum atomic E-state index is 0.244. The second-order valence-corrected chi connectivity index (χ2v) is 4.25. The van der Waals surface area contributed by atoms with Crippen LogP contribution in [-0.2, 0) is 0 Å². The van der Waals surface area contributed by atoms with E-state index in [-0.39, 0.29) is 6.17 Å². The van der Waals surface area contributed by atoms with Crippen LogP contribution in [0.25, 0.3) is 0 Å². The van der Waals surface area contributed by atoms with Gasteiger partial charge in [0, 0.05) is 10.5 Å². The zero-order chi connectivity index (χ0) is 8.27. The third-order valence-corrected chi connectivity index (χ3v) is 3.48. The summed E-state index contributed by atoms with van der Waals surface area (Å²) in [5.41, 5.74) is 5.85. The minimum absolute atomic E-state index is 0.244. The molecular formula is C8H17IN2. The molecule has 3 heteroatoms. The van der Waals surface area contributed by atoms with E-state index in [9.17, 15) is 0 Å². The Kier molecular flexibility index (Phi) is 4.09. The molecule has 1 saturated heterocycles. The van der Waals surface area contributed by atoms with E-state index < -0.39 is 0 Å². The molecule has 0 saturated carbocycles. The van der Waals surface area contributed by atoms with Crippen molar-refractivity contribution in [1.82, 2.24) is 5.32 Å². The highest BCUT2D eigenvalue weighted by Crippen LogP contribution is 2.21. The maximum Gasteiger partial charge on any atom is 0.0551 e. The Morgan fingerprint density at radius 3 is 2.82 bits per heavy atom. The third kappa shape index (κ3) is 2.87. The quantitative estimate of drug-likeness (QED) is 0.588. The summed E-state index contributed by atoms with van der Waals surface area (Å²) in [5.74, 6) is 0.853. The van der Waals surface area contributed by atoms with Crippen molar-refractivity contribution in [2.24, 2.45) is 11.7 Å². The first-order valence-electron chi connectivity index (χ1n) is 4.33. The largest absolute Gasteiger partial charge is 0.316 e. The van der Waals surface area contributed by atoms with Gasteiger partial charge in [0.15, 0.2) is 0 Å². The zero-order valence-electron chi connectivity index (χ0n) is 7.02. The highest BCUT2D eigenvalue weighted by Gasteiger charge is 2.23. The van der Waals surface area contributed by atoms with Crippen molar-refractivity contribution in [3.63, 3.8) is 0 Å². The van der Waals surface area contributed by atoms with Crippen LogP contribution in [0.5, 0.6) is 0 Å². The van der Waals surface area contributed by atoms with Crippen molar-refractivity contribution in [2.45, 2.75) is 38.4 Å². The van der Waals surface area contributed by atoms with Gasteiger partial charge in [-0.05, 0) is 18.8 Å². The van der Waals surface area contributed by atoms with Crippen LogP contribution in [-0.4, -0.2) is 16.6 Å². The molecule has 66 valence electrons. The van der Waals surface area contributed by atoms with Gasteiger partial charge in [0.1, 0.15) is 0 Å². The molecule has 3 unspecified atom stereocenters. The first kappa shape index (κ1) is 9.74. The van der Waals surface area contributed by atoms with Crippen LogP contribution in [0.1, 0.15) is 26.2 Å². The summed E-state index contributed by atoms with van der Waals surface area (Å²) >= 11 is 2.43. The number of halogens is 1. The van der Waals surface area contributed by atoms with Gasteiger partial charge < -0.3 is 5.73 Å². The molecule has 3 atom stereocenters. The third-order valence-electron chi connectivity index (χ3n) is 2.42. The second kappa shape index (κ2) is 4.62. The van der Waals surface area contributed by atoms with Crippen LogP contribution in [0.2, 0.25) is 0 Å². The van der Waals surface area contributed by atoms with Crippen molar-refractivity contribution in [2.75, 3.05) is 4.43 Å². The number of piperidine rings is 1. The van der Waals surface area contributed by atoms with Gasteiger partial charge in [0.2, 0.25) is 0 Å². The predicted octanol–water partition coefficient (Wildman–Crippen LogP) is 1.48. The number of rotatable bonds is 2. The summed E-state index contributed by atoms with van der Waals surface area (Å²) in [6, 6.07) is 0.657. The van der Waals surface area contributed by atoms with Crippen LogP contribution in [0, 0.1) is 5.92 Å². The molecule has 1 heterocycles. The van der Waals surface area contributed by atoms with Gasteiger partial charge in [-0.3, -0.25) is 5.32 Å². The summed E-state index contributed by atoms with van der Waals surface area (Å²) < 4.78 is 1.18. The van der Waals surface area contributed by atoms with Gasteiger partial charge in [-0.15, -0.1) is 0 Å². The maximum absolute atomic E-state index is 5.85. The predicted molar refractivity (Wildman–Crippen MR) is 56.8 cm³/mol. The summed E-state index contributed by atoms with van der Waals surface area (Å²) in [7, 11) is 0. The Morgan fingerprint density at radius 2 is 2.27 bits per heavy atom. The van der Waals surface area contributed by atoms with Crippen LogP contribution < -0.4 is 11.1 Å². The van der Waals surface area contributed by atoms with Crippen molar-refractivity contribution >= 4 is 22.6 Å². The van der Waals surface area contributed by atoms with E-state index in [0.29, 0.717) is 6.04 Å². The Hall–Kier alpha value is 0.650. The van der Waals surface area contributed by atoms with E-state index in [2.05, 4.69) is 34.8 Å². The molecule has 3 N–H and O–H groups in total. The van der Waals surface area contributed by atoms with Gasteiger partial charge in [-0.25, -0.2) is 0 Å². The fraction of sp³-hybridized carbons (Fsp3) is 1.00. The van der Waals surface area contributed by atoms with E-state index >= 15 is 0 Å². The lowest BCUT2D eigenvalue weighted by molar-refractivity contribution is 0.254. The maximum atomic E-state index is 5.85. The van der Waals surface area contributed by atoms with Crippen LogP contribution >= 0.6 is 22.6 Å². The Balaban J connectivity index is 2.37. The van der Waals surface area contributed by atoms with Crippen molar-refractivity contribution < 1.29 is 0 Å². The molecule has 0 bridgehead atoms. The number of alkyl halides is 1. The fourth-order valence-corrected chi connectivity index (χ4v) is 2.35. The van der Waals surface area contributed by atoms with Crippen LogP contribution in [0.3, 0.4) is 0 Å². The Morgan fingerprint density at radius 1 is 1.55 bits per heavy atom. The lowest BCUT2D eigenvalue weighted by Crippen LogP contribution is -2.50. The van der Waals surface area contributed by atoms with E-state index in [1.54, 1.807) is 0 Å². The summed E-state index contributed by atoms with van der Waals surface area (Å²) in [4.78, 5) is 0. The van der Waals surface area contributed by atoms with Gasteiger partial charge in [0.25, 0.3) is 0 Å².